The van der Waals surface area contributed by atoms with Crippen molar-refractivity contribution in [2.75, 3.05) is 26.2 Å². The molecule has 0 radical (unpaired) electrons. The van der Waals surface area contributed by atoms with Gasteiger partial charge in [-0.05, 0) is 33.3 Å². The van der Waals surface area contributed by atoms with Gasteiger partial charge in [0.2, 0.25) is 5.78 Å². The summed E-state index contributed by atoms with van der Waals surface area (Å²) in [6, 6.07) is 15.8. The molecule has 2 aromatic carbocycles. The Kier molecular flexibility index (Phi) is 7.50. The van der Waals surface area contributed by atoms with E-state index in [1.165, 1.54) is 0 Å². The number of carbonyl (C=O) groups is 3. The number of hydrogen-bond acceptors (Lipinski definition) is 5. The fourth-order valence-corrected chi connectivity index (χ4v) is 5.28. The maximum atomic E-state index is 13.5. The number of nitrogens with zero attached hydrogens (tertiary/aromatic N) is 1. The second kappa shape index (κ2) is 10.4. The van der Waals surface area contributed by atoms with Crippen LogP contribution in [0.5, 0.6) is 0 Å². The van der Waals surface area contributed by atoms with Gasteiger partial charge in [-0.2, -0.15) is 0 Å². The van der Waals surface area contributed by atoms with Crippen LogP contribution in [0.1, 0.15) is 61.1 Å². The number of rotatable bonds is 7. The zero-order valence-electron chi connectivity index (χ0n) is 21.7. The summed E-state index contributed by atoms with van der Waals surface area (Å²) >= 11 is 0. The highest BCUT2D eigenvalue weighted by atomic mass is 16.6. The van der Waals surface area contributed by atoms with Gasteiger partial charge in [0.05, 0.1) is 13.1 Å². The van der Waals surface area contributed by atoms with Gasteiger partial charge in [-0.1, -0.05) is 60.2 Å². The first-order chi connectivity index (χ1) is 17.0. The predicted octanol–water partition coefficient (Wildman–Crippen LogP) is 4.60. The van der Waals surface area contributed by atoms with Gasteiger partial charge in [0.25, 0.3) is 0 Å². The molecule has 2 bridgehead atoms. The predicted molar refractivity (Wildman–Crippen MR) is 136 cm³/mol. The topological polar surface area (TPSA) is 81.7 Å². The molecule has 2 atom stereocenters. The fourth-order valence-electron chi connectivity index (χ4n) is 5.28. The minimum atomic E-state index is -0.977. The van der Waals surface area contributed by atoms with E-state index in [-0.39, 0.29) is 17.8 Å². The maximum Gasteiger partial charge on any atom is 0.408 e. The molecule has 192 valence electrons. The Labute approximate surface area is 213 Å². The summed E-state index contributed by atoms with van der Waals surface area (Å²) in [5.41, 5.74) is 1.71. The molecular weight excluding hydrogens is 456 g/mol. The molecule has 7 nitrogen and oxygen atoms in total. The van der Waals surface area contributed by atoms with Crippen molar-refractivity contribution < 1.29 is 28.3 Å². The van der Waals surface area contributed by atoms with Crippen LogP contribution in [-0.2, 0) is 14.3 Å². The highest BCUT2D eigenvalue weighted by Crippen LogP contribution is 2.36. The average Bonchev–Trinajstić information content (AvgIpc) is 2.83. The molecule has 1 unspecified atom stereocenters. The molecular formula is C29H37N2O5+. The molecule has 0 spiro atoms. The number of nitrogens with one attached hydrogen (secondary N) is 1. The van der Waals surface area contributed by atoms with Crippen LogP contribution in [0.4, 0.5) is 4.79 Å². The largest absolute Gasteiger partial charge is 0.454 e. The summed E-state index contributed by atoms with van der Waals surface area (Å²) in [6.45, 7) is 10.1. The van der Waals surface area contributed by atoms with Gasteiger partial charge < -0.3 is 19.3 Å². The third kappa shape index (κ3) is 6.32. The number of esters is 1. The number of fused-ring (bicyclic) bond motifs is 3. The molecule has 1 N–H and O–H groups in total. The number of benzene rings is 2. The second-order valence-corrected chi connectivity index (χ2v) is 11.2. The van der Waals surface area contributed by atoms with Crippen LogP contribution in [0.25, 0.3) is 0 Å². The standard InChI is InChI=1S/C29H36N2O5/c1-20-10-12-23(13-11-20)26(30-28(34)36-29(2,3)4)27(33)35-25-19-31(16-14-22(25)15-17-31)18-24(32)21-8-6-5-7-9-21/h5-13,22,25-26H,14-19H2,1-4H3/p+1/t22?,25-,26?,31?/m0/s1. The maximum absolute atomic E-state index is 13.5. The Hall–Kier alpha value is -3.19. The van der Waals surface area contributed by atoms with Crippen LogP contribution >= 0.6 is 0 Å². The van der Waals surface area contributed by atoms with Gasteiger partial charge in [0.1, 0.15) is 18.7 Å². The molecule has 2 aromatic rings. The summed E-state index contributed by atoms with van der Waals surface area (Å²) in [5.74, 6) is -0.123. The van der Waals surface area contributed by atoms with E-state index in [0.29, 0.717) is 28.7 Å². The normalized spacial score (nSPS) is 24.0. The molecule has 0 saturated carbocycles. The lowest BCUT2D eigenvalue weighted by molar-refractivity contribution is -0.938. The SMILES string of the molecule is Cc1ccc(C(NC(=O)OC(C)(C)C)C(=O)O[C@H]2C[N+]3(CC(=O)c4ccccc4)CCC2CC3)cc1. The quantitative estimate of drug-likeness (QED) is 0.346. The van der Waals surface area contributed by atoms with E-state index in [9.17, 15) is 14.4 Å². The Balaban J connectivity index is 1.48. The first-order valence-electron chi connectivity index (χ1n) is 12.7. The Morgan fingerprint density at radius 2 is 1.64 bits per heavy atom. The van der Waals surface area contributed by atoms with Gasteiger partial charge in [0.15, 0.2) is 12.1 Å². The molecule has 36 heavy (non-hydrogen) atoms. The molecule has 3 saturated heterocycles. The second-order valence-electron chi connectivity index (χ2n) is 11.2. The van der Waals surface area contributed by atoms with Crippen molar-refractivity contribution in [3.63, 3.8) is 0 Å². The van der Waals surface area contributed by atoms with Crippen molar-refractivity contribution in [3.05, 3.63) is 71.3 Å². The number of Topliss-reactive ketones (excluding diaryl/α,β-unsaturated/α-hetero) is 1. The van der Waals surface area contributed by atoms with Crippen LogP contribution < -0.4 is 5.32 Å². The summed E-state index contributed by atoms with van der Waals surface area (Å²) in [7, 11) is 0. The molecule has 5 rings (SSSR count). The van der Waals surface area contributed by atoms with Crippen molar-refractivity contribution >= 4 is 17.8 Å². The zero-order valence-corrected chi connectivity index (χ0v) is 21.7. The highest BCUT2D eigenvalue weighted by Gasteiger charge is 2.49. The molecule has 7 heteroatoms. The molecule has 0 aromatic heterocycles. The number of ketones is 1. The van der Waals surface area contributed by atoms with Crippen molar-refractivity contribution in [1.82, 2.24) is 5.32 Å². The van der Waals surface area contributed by atoms with Crippen LogP contribution in [0, 0.1) is 12.8 Å². The Bertz CT molecular complexity index is 1080. The monoisotopic (exact) mass is 493 g/mol. The van der Waals surface area contributed by atoms with Gasteiger partial charge in [0, 0.05) is 24.3 Å². The molecule has 3 fully saturated rings. The number of aryl methyl sites for hydroxylation is 1. The average molecular weight is 494 g/mol. The highest BCUT2D eigenvalue weighted by molar-refractivity contribution is 5.97. The van der Waals surface area contributed by atoms with Crippen molar-refractivity contribution in [1.29, 1.82) is 0 Å². The lowest BCUT2D eigenvalue weighted by Crippen LogP contribution is -2.66. The summed E-state index contributed by atoms with van der Waals surface area (Å²) in [5, 5.41) is 2.71. The lowest BCUT2D eigenvalue weighted by atomic mass is 9.82. The fraction of sp³-hybridized carbons (Fsp3) is 0.483. The van der Waals surface area contributed by atoms with Gasteiger partial charge in [-0.15, -0.1) is 0 Å². The number of alkyl carbamates (subject to hydrolysis) is 1. The van der Waals surface area contributed by atoms with Crippen molar-refractivity contribution in [3.8, 4) is 0 Å². The smallest absolute Gasteiger partial charge is 0.408 e. The van der Waals surface area contributed by atoms with Crippen LogP contribution in [0.15, 0.2) is 54.6 Å². The third-order valence-electron chi connectivity index (χ3n) is 7.19. The third-order valence-corrected chi connectivity index (χ3v) is 7.19. The molecule has 3 heterocycles. The number of carbonyl (C=O) groups excluding carboxylic acids is 3. The van der Waals surface area contributed by atoms with E-state index in [1.807, 2.05) is 61.5 Å². The Morgan fingerprint density at radius 1 is 1.00 bits per heavy atom. The first kappa shape index (κ1) is 25.9. The molecule has 3 aliphatic heterocycles. The van der Waals surface area contributed by atoms with Crippen LogP contribution in [0.2, 0.25) is 0 Å². The number of quaternary nitrogens is 1. The zero-order chi connectivity index (χ0) is 25.9. The molecule has 1 amide bonds. The van der Waals surface area contributed by atoms with E-state index >= 15 is 0 Å². The summed E-state index contributed by atoms with van der Waals surface area (Å²) < 4.78 is 12.1. The summed E-state index contributed by atoms with van der Waals surface area (Å²) in [4.78, 5) is 39.0. The number of hydrogen-bond donors (Lipinski definition) is 1. The first-order valence-corrected chi connectivity index (χ1v) is 12.7. The minimum Gasteiger partial charge on any atom is -0.454 e. The van der Waals surface area contributed by atoms with Gasteiger partial charge >= 0.3 is 12.1 Å². The minimum absolute atomic E-state index is 0.116. The number of piperidine rings is 3. The number of amides is 1. The number of ether oxygens (including phenoxy) is 2. The Morgan fingerprint density at radius 3 is 2.25 bits per heavy atom. The van der Waals surface area contributed by atoms with E-state index in [2.05, 4.69) is 5.32 Å². The van der Waals surface area contributed by atoms with Crippen molar-refractivity contribution in [2.45, 2.75) is 58.3 Å². The van der Waals surface area contributed by atoms with E-state index in [4.69, 9.17) is 9.47 Å². The summed E-state index contributed by atoms with van der Waals surface area (Å²) in [6.07, 6.45) is 0.858. The lowest BCUT2D eigenvalue weighted by Gasteiger charge is -2.51. The van der Waals surface area contributed by atoms with E-state index in [1.54, 1.807) is 20.8 Å². The molecule has 0 aliphatic carbocycles. The van der Waals surface area contributed by atoms with Gasteiger partial charge in [-0.3, -0.25) is 4.79 Å². The van der Waals surface area contributed by atoms with Crippen LogP contribution in [0.3, 0.4) is 0 Å². The molecule has 3 aliphatic rings. The van der Waals surface area contributed by atoms with Gasteiger partial charge in [-0.25, -0.2) is 9.59 Å². The van der Waals surface area contributed by atoms with E-state index < -0.39 is 23.7 Å². The van der Waals surface area contributed by atoms with Crippen molar-refractivity contribution in [2.24, 2.45) is 5.92 Å². The van der Waals surface area contributed by atoms with E-state index in [0.717, 1.165) is 31.5 Å². The van der Waals surface area contributed by atoms with Crippen LogP contribution in [-0.4, -0.2) is 60.2 Å².